The number of thiocarbonyl (C=S) groups is 1. The minimum Gasteiger partial charge on any atom is -0.480 e. The van der Waals surface area contributed by atoms with E-state index in [1.165, 1.54) is 19.5 Å². The molecule has 0 amide bonds. The van der Waals surface area contributed by atoms with Gasteiger partial charge in [0.1, 0.15) is 10.7 Å². The predicted molar refractivity (Wildman–Crippen MR) is 44.5 cm³/mol. The van der Waals surface area contributed by atoms with Crippen LogP contribution < -0.4 is 10.5 Å². The van der Waals surface area contributed by atoms with Gasteiger partial charge >= 0.3 is 0 Å². The van der Waals surface area contributed by atoms with E-state index in [0.29, 0.717) is 11.6 Å². The summed E-state index contributed by atoms with van der Waals surface area (Å²) >= 11 is 4.68. The van der Waals surface area contributed by atoms with E-state index in [-0.39, 0.29) is 4.99 Å². The Morgan fingerprint density at radius 1 is 1.55 bits per heavy atom. The lowest BCUT2D eigenvalue weighted by atomic mass is 10.4. The van der Waals surface area contributed by atoms with Crippen LogP contribution in [-0.4, -0.2) is 22.1 Å². The quantitative estimate of drug-likeness (QED) is 0.637. The van der Waals surface area contributed by atoms with Crippen molar-refractivity contribution in [3.8, 4) is 5.88 Å². The highest BCUT2D eigenvalue weighted by Gasteiger charge is 1.97. The zero-order chi connectivity index (χ0) is 8.27. The van der Waals surface area contributed by atoms with E-state index in [0.717, 1.165) is 0 Å². The van der Waals surface area contributed by atoms with Crippen molar-refractivity contribution in [2.75, 3.05) is 7.11 Å². The van der Waals surface area contributed by atoms with Crippen molar-refractivity contribution in [3.05, 3.63) is 18.1 Å². The first kappa shape index (κ1) is 7.87. The van der Waals surface area contributed by atoms with Gasteiger partial charge in [-0.2, -0.15) is 0 Å². The number of ether oxygens (including phenoxy) is 1. The van der Waals surface area contributed by atoms with Gasteiger partial charge in [-0.15, -0.1) is 0 Å². The van der Waals surface area contributed by atoms with Gasteiger partial charge in [0.05, 0.1) is 19.5 Å². The summed E-state index contributed by atoms with van der Waals surface area (Å²) in [7, 11) is 1.52. The average molecular weight is 169 g/mol. The van der Waals surface area contributed by atoms with Crippen LogP contribution in [0.3, 0.4) is 0 Å². The molecule has 0 unspecified atom stereocenters. The SMILES string of the molecule is COc1cnc(C(N)=S)cn1. The normalized spacial score (nSPS) is 9.18. The van der Waals surface area contributed by atoms with Crippen molar-refractivity contribution in [3.63, 3.8) is 0 Å². The van der Waals surface area contributed by atoms with Crippen molar-refractivity contribution in [1.29, 1.82) is 0 Å². The van der Waals surface area contributed by atoms with Crippen LogP contribution in [0.1, 0.15) is 5.69 Å². The standard InChI is InChI=1S/C6H7N3OS/c1-10-5-3-8-4(2-9-5)6(7)11/h2-3H,1H3,(H2,7,11). The van der Waals surface area contributed by atoms with Gasteiger partial charge in [0.2, 0.25) is 5.88 Å². The van der Waals surface area contributed by atoms with E-state index in [9.17, 15) is 0 Å². The molecule has 58 valence electrons. The summed E-state index contributed by atoms with van der Waals surface area (Å²) in [6.45, 7) is 0. The summed E-state index contributed by atoms with van der Waals surface area (Å²) in [5, 5.41) is 0. The molecule has 0 aliphatic rings. The maximum absolute atomic E-state index is 5.29. The Morgan fingerprint density at radius 3 is 2.64 bits per heavy atom. The van der Waals surface area contributed by atoms with Crippen LogP contribution in [-0.2, 0) is 0 Å². The highest BCUT2D eigenvalue weighted by Crippen LogP contribution is 2.01. The molecule has 0 radical (unpaired) electrons. The Labute approximate surface area is 69.4 Å². The lowest BCUT2D eigenvalue weighted by Crippen LogP contribution is -2.11. The smallest absolute Gasteiger partial charge is 0.232 e. The number of aromatic nitrogens is 2. The lowest BCUT2D eigenvalue weighted by Gasteiger charge is -1.98. The number of hydrogen-bond acceptors (Lipinski definition) is 4. The van der Waals surface area contributed by atoms with Crippen LogP contribution in [0, 0.1) is 0 Å². The fourth-order valence-corrected chi connectivity index (χ4v) is 0.654. The number of nitrogens with two attached hydrogens (primary N) is 1. The third kappa shape index (κ3) is 1.84. The molecular weight excluding hydrogens is 162 g/mol. The monoisotopic (exact) mass is 169 g/mol. The largest absolute Gasteiger partial charge is 0.480 e. The second-order valence-corrected chi connectivity index (χ2v) is 2.25. The van der Waals surface area contributed by atoms with E-state index in [4.69, 9.17) is 10.5 Å². The number of nitrogens with zero attached hydrogens (tertiary/aromatic N) is 2. The highest BCUT2D eigenvalue weighted by atomic mass is 32.1. The minimum absolute atomic E-state index is 0.236. The minimum atomic E-state index is 0.236. The molecule has 0 spiro atoms. The second kappa shape index (κ2) is 3.25. The van der Waals surface area contributed by atoms with E-state index < -0.39 is 0 Å². The van der Waals surface area contributed by atoms with Crippen LogP contribution >= 0.6 is 12.2 Å². The molecular formula is C6H7N3OS. The van der Waals surface area contributed by atoms with Gasteiger partial charge in [-0.25, -0.2) is 9.97 Å². The maximum atomic E-state index is 5.29. The topological polar surface area (TPSA) is 61.0 Å². The highest BCUT2D eigenvalue weighted by molar-refractivity contribution is 7.80. The first-order valence-electron chi connectivity index (χ1n) is 2.90. The van der Waals surface area contributed by atoms with Crippen LogP contribution in [0.4, 0.5) is 0 Å². The summed E-state index contributed by atoms with van der Waals surface area (Å²) in [6.07, 6.45) is 2.94. The van der Waals surface area contributed by atoms with Gasteiger partial charge in [-0.1, -0.05) is 12.2 Å². The Kier molecular flexibility index (Phi) is 2.32. The van der Waals surface area contributed by atoms with Crippen molar-refractivity contribution >= 4 is 17.2 Å². The van der Waals surface area contributed by atoms with Gasteiger partial charge in [-0.3, -0.25) is 0 Å². The summed E-state index contributed by atoms with van der Waals surface area (Å²) in [6, 6.07) is 0. The molecule has 0 aromatic carbocycles. The van der Waals surface area contributed by atoms with E-state index in [2.05, 4.69) is 22.2 Å². The molecule has 1 heterocycles. The molecule has 1 rings (SSSR count). The average Bonchev–Trinajstić information content (AvgIpc) is 2.05. The van der Waals surface area contributed by atoms with Crippen molar-refractivity contribution in [1.82, 2.24) is 9.97 Å². The Morgan fingerprint density at radius 2 is 2.27 bits per heavy atom. The van der Waals surface area contributed by atoms with Crippen LogP contribution in [0.2, 0.25) is 0 Å². The second-order valence-electron chi connectivity index (χ2n) is 1.81. The lowest BCUT2D eigenvalue weighted by molar-refractivity contribution is 0.395. The van der Waals surface area contributed by atoms with Gasteiger partial charge in [0, 0.05) is 0 Å². The van der Waals surface area contributed by atoms with Gasteiger partial charge in [0.25, 0.3) is 0 Å². The molecule has 0 fully saturated rings. The molecule has 0 saturated carbocycles. The van der Waals surface area contributed by atoms with Crippen LogP contribution in [0.25, 0.3) is 0 Å². The summed E-state index contributed by atoms with van der Waals surface area (Å²) in [4.78, 5) is 8.00. The van der Waals surface area contributed by atoms with Gasteiger partial charge < -0.3 is 10.5 Å². The van der Waals surface area contributed by atoms with Crippen molar-refractivity contribution in [2.24, 2.45) is 5.73 Å². The Bertz CT molecular complexity index is 259. The van der Waals surface area contributed by atoms with Crippen LogP contribution in [0.15, 0.2) is 12.4 Å². The summed E-state index contributed by atoms with van der Waals surface area (Å²) < 4.78 is 4.79. The molecule has 11 heavy (non-hydrogen) atoms. The fraction of sp³-hybridized carbons (Fsp3) is 0.167. The molecule has 0 aliphatic carbocycles. The third-order valence-electron chi connectivity index (χ3n) is 1.09. The number of hydrogen-bond donors (Lipinski definition) is 1. The fourth-order valence-electron chi connectivity index (χ4n) is 0.549. The molecule has 1 aromatic heterocycles. The molecule has 5 heteroatoms. The van der Waals surface area contributed by atoms with Gasteiger partial charge in [0.15, 0.2) is 0 Å². The molecule has 0 bridgehead atoms. The van der Waals surface area contributed by atoms with Crippen LogP contribution in [0.5, 0.6) is 5.88 Å². The molecule has 2 N–H and O–H groups in total. The third-order valence-corrected chi connectivity index (χ3v) is 1.30. The first-order chi connectivity index (χ1) is 5.24. The Hall–Kier alpha value is -1.23. The van der Waals surface area contributed by atoms with E-state index >= 15 is 0 Å². The Balaban J connectivity index is 2.91. The molecule has 0 aliphatic heterocycles. The predicted octanol–water partition coefficient (Wildman–Crippen LogP) is 0.119. The maximum Gasteiger partial charge on any atom is 0.232 e. The zero-order valence-corrected chi connectivity index (χ0v) is 6.76. The first-order valence-corrected chi connectivity index (χ1v) is 3.30. The van der Waals surface area contributed by atoms with E-state index in [1.54, 1.807) is 0 Å². The molecule has 0 atom stereocenters. The summed E-state index contributed by atoms with van der Waals surface area (Å²) in [5.74, 6) is 0.449. The van der Waals surface area contributed by atoms with Gasteiger partial charge in [-0.05, 0) is 0 Å². The number of methoxy groups -OCH3 is 1. The molecule has 1 aromatic rings. The summed E-state index contributed by atoms with van der Waals surface area (Å²) in [5.41, 5.74) is 5.79. The van der Waals surface area contributed by atoms with E-state index in [1.807, 2.05) is 0 Å². The zero-order valence-electron chi connectivity index (χ0n) is 5.94. The van der Waals surface area contributed by atoms with Crippen molar-refractivity contribution < 1.29 is 4.74 Å². The number of rotatable bonds is 2. The molecule has 4 nitrogen and oxygen atoms in total. The van der Waals surface area contributed by atoms with Crippen molar-refractivity contribution in [2.45, 2.75) is 0 Å². The molecule has 0 saturated heterocycles.